The number of ether oxygens (including phenoxy) is 1. The molecule has 0 aliphatic carbocycles. The maximum absolute atomic E-state index is 11.7. The van der Waals surface area contributed by atoms with Gasteiger partial charge in [0.1, 0.15) is 11.3 Å². The van der Waals surface area contributed by atoms with Crippen molar-refractivity contribution in [3.63, 3.8) is 0 Å². The zero-order chi connectivity index (χ0) is 13.3. The number of esters is 1. The number of methoxy groups -OCH3 is 1. The van der Waals surface area contributed by atoms with Gasteiger partial charge >= 0.3 is 5.97 Å². The fraction of sp³-hybridized carbons (Fsp3) is 0.214. The van der Waals surface area contributed by atoms with E-state index in [4.69, 9.17) is 0 Å². The summed E-state index contributed by atoms with van der Waals surface area (Å²) in [6, 6.07) is 9.05. The van der Waals surface area contributed by atoms with Gasteiger partial charge in [-0.1, -0.05) is 24.3 Å². The second-order valence-electron chi connectivity index (χ2n) is 4.22. The molecular weight excluding hydrogens is 230 g/mol. The van der Waals surface area contributed by atoms with E-state index < -0.39 is 5.97 Å². The number of hydrogen-bond donors (Lipinski definition) is 1. The van der Waals surface area contributed by atoms with Crippen LogP contribution in [0, 0.1) is 0 Å². The molecule has 2 aromatic rings. The molecule has 4 nitrogen and oxygen atoms in total. The van der Waals surface area contributed by atoms with Crippen molar-refractivity contribution in [1.29, 1.82) is 0 Å². The number of nitrogens with zero attached hydrogens (tertiary/aromatic N) is 1. The van der Waals surface area contributed by atoms with Crippen LogP contribution in [0.1, 0.15) is 10.4 Å². The summed E-state index contributed by atoms with van der Waals surface area (Å²) >= 11 is 0. The molecule has 0 saturated carbocycles. The number of hydrogen-bond acceptors (Lipinski definition) is 4. The molecule has 2 rings (SSSR count). The van der Waals surface area contributed by atoms with Gasteiger partial charge in [-0.15, -0.1) is 0 Å². The zero-order valence-corrected chi connectivity index (χ0v) is 10.6. The molecule has 0 atom stereocenters. The minimum absolute atomic E-state index is 0.0388. The van der Waals surface area contributed by atoms with Crippen LogP contribution in [0.3, 0.4) is 0 Å². The Kier molecular flexibility index (Phi) is 3.10. The average molecular weight is 245 g/mol. The molecule has 0 unspecified atom stereocenters. The van der Waals surface area contributed by atoms with Crippen molar-refractivity contribution < 1.29 is 14.6 Å². The van der Waals surface area contributed by atoms with Gasteiger partial charge in [0.25, 0.3) is 0 Å². The number of phenols is 1. The molecule has 0 aliphatic heterocycles. The molecule has 0 bridgehead atoms. The van der Waals surface area contributed by atoms with Gasteiger partial charge in [0.05, 0.1) is 7.11 Å². The first-order valence-corrected chi connectivity index (χ1v) is 5.56. The normalized spacial score (nSPS) is 10.4. The number of aromatic hydroxyl groups is 1. The third kappa shape index (κ3) is 1.86. The molecule has 0 heterocycles. The van der Waals surface area contributed by atoms with Crippen molar-refractivity contribution in [3.8, 4) is 5.75 Å². The van der Waals surface area contributed by atoms with E-state index in [9.17, 15) is 9.90 Å². The van der Waals surface area contributed by atoms with Gasteiger partial charge in [-0.25, -0.2) is 4.79 Å². The summed E-state index contributed by atoms with van der Waals surface area (Å²) < 4.78 is 4.68. The van der Waals surface area contributed by atoms with Crippen LogP contribution in [0.15, 0.2) is 30.3 Å². The molecule has 0 radical (unpaired) electrons. The summed E-state index contributed by atoms with van der Waals surface area (Å²) in [7, 11) is 5.08. The smallest absolute Gasteiger partial charge is 0.341 e. The van der Waals surface area contributed by atoms with Crippen molar-refractivity contribution >= 4 is 22.4 Å². The second kappa shape index (κ2) is 4.56. The molecule has 2 aromatic carbocycles. The highest BCUT2D eigenvalue weighted by Crippen LogP contribution is 2.35. The Bertz CT molecular complexity index is 605. The maximum atomic E-state index is 11.7. The quantitative estimate of drug-likeness (QED) is 0.825. The molecule has 0 saturated heterocycles. The second-order valence-corrected chi connectivity index (χ2v) is 4.22. The van der Waals surface area contributed by atoms with Crippen LogP contribution in [0.4, 0.5) is 5.69 Å². The summed E-state index contributed by atoms with van der Waals surface area (Å²) in [5, 5.41) is 11.7. The standard InChI is InChI=1S/C14H15NO3/c1-15(2)12-8-11(14(17)18-3)13(16)10-7-5-4-6-9(10)12/h4-8,16H,1-3H3. The summed E-state index contributed by atoms with van der Waals surface area (Å²) in [4.78, 5) is 13.5. The molecule has 0 amide bonds. The summed E-state index contributed by atoms with van der Waals surface area (Å²) in [5.74, 6) is -0.579. The van der Waals surface area contributed by atoms with E-state index in [1.54, 1.807) is 12.1 Å². The Hall–Kier alpha value is -2.23. The average Bonchev–Trinajstić information content (AvgIpc) is 2.38. The van der Waals surface area contributed by atoms with Gasteiger partial charge in [-0.05, 0) is 6.07 Å². The molecule has 18 heavy (non-hydrogen) atoms. The topological polar surface area (TPSA) is 49.8 Å². The lowest BCUT2D eigenvalue weighted by atomic mass is 10.0. The van der Waals surface area contributed by atoms with Crippen molar-refractivity contribution in [1.82, 2.24) is 0 Å². The van der Waals surface area contributed by atoms with Crippen LogP contribution in [0.5, 0.6) is 5.75 Å². The first kappa shape index (κ1) is 12.2. The number of fused-ring (bicyclic) bond motifs is 1. The lowest BCUT2D eigenvalue weighted by Crippen LogP contribution is -2.11. The van der Waals surface area contributed by atoms with Gasteiger partial charge in [0.2, 0.25) is 0 Å². The van der Waals surface area contributed by atoms with E-state index in [-0.39, 0.29) is 11.3 Å². The lowest BCUT2D eigenvalue weighted by Gasteiger charge is -2.18. The maximum Gasteiger partial charge on any atom is 0.341 e. The minimum atomic E-state index is -0.540. The van der Waals surface area contributed by atoms with E-state index in [2.05, 4.69) is 4.74 Å². The molecular formula is C14H15NO3. The predicted octanol–water partition coefficient (Wildman–Crippen LogP) is 2.40. The molecule has 0 spiro atoms. The number of rotatable bonds is 2. The Morgan fingerprint density at radius 2 is 1.83 bits per heavy atom. The molecule has 4 heteroatoms. The first-order chi connectivity index (χ1) is 8.56. The predicted molar refractivity (Wildman–Crippen MR) is 71.3 cm³/mol. The highest BCUT2D eigenvalue weighted by atomic mass is 16.5. The molecule has 0 aromatic heterocycles. The third-order valence-corrected chi connectivity index (χ3v) is 2.88. The fourth-order valence-electron chi connectivity index (χ4n) is 1.98. The van der Waals surface area contributed by atoms with E-state index in [1.807, 2.05) is 37.2 Å². The van der Waals surface area contributed by atoms with Gasteiger partial charge in [0.15, 0.2) is 0 Å². The highest BCUT2D eigenvalue weighted by Gasteiger charge is 2.17. The van der Waals surface area contributed by atoms with E-state index in [0.29, 0.717) is 5.39 Å². The molecule has 0 fully saturated rings. The van der Waals surface area contributed by atoms with Gasteiger partial charge in [0, 0.05) is 30.6 Å². The molecule has 94 valence electrons. The Labute approximate surface area is 105 Å². The summed E-state index contributed by atoms with van der Waals surface area (Å²) in [5.41, 5.74) is 1.05. The largest absolute Gasteiger partial charge is 0.506 e. The van der Waals surface area contributed by atoms with Crippen molar-refractivity contribution in [3.05, 3.63) is 35.9 Å². The Morgan fingerprint density at radius 3 is 2.39 bits per heavy atom. The van der Waals surface area contributed by atoms with Gasteiger partial charge in [-0.2, -0.15) is 0 Å². The van der Waals surface area contributed by atoms with E-state index in [1.165, 1.54) is 7.11 Å². The van der Waals surface area contributed by atoms with Gasteiger partial charge < -0.3 is 14.7 Å². The number of carbonyl (C=O) groups is 1. The molecule has 0 aliphatic rings. The number of benzene rings is 2. The summed E-state index contributed by atoms with van der Waals surface area (Å²) in [6.45, 7) is 0. The van der Waals surface area contributed by atoms with Crippen molar-refractivity contribution in [2.45, 2.75) is 0 Å². The Morgan fingerprint density at radius 1 is 1.22 bits per heavy atom. The first-order valence-electron chi connectivity index (χ1n) is 5.56. The van der Waals surface area contributed by atoms with Crippen LogP contribution in [0.2, 0.25) is 0 Å². The van der Waals surface area contributed by atoms with Gasteiger partial charge in [-0.3, -0.25) is 0 Å². The number of anilines is 1. The van der Waals surface area contributed by atoms with Crippen LogP contribution in [-0.2, 0) is 4.74 Å². The minimum Gasteiger partial charge on any atom is -0.506 e. The monoisotopic (exact) mass is 245 g/mol. The summed E-state index contributed by atoms with van der Waals surface area (Å²) in [6.07, 6.45) is 0. The fourth-order valence-corrected chi connectivity index (χ4v) is 1.98. The zero-order valence-electron chi connectivity index (χ0n) is 10.6. The van der Waals surface area contributed by atoms with E-state index >= 15 is 0 Å². The van der Waals surface area contributed by atoms with Crippen molar-refractivity contribution in [2.75, 3.05) is 26.1 Å². The Balaban J connectivity index is 2.83. The van der Waals surface area contributed by atoms with Crippen LogP contribution < -0.4 is 4.90 Å². The van der Waals surface area contributed by atoms with Crippen molar-refractivity contribution in [2.24, 2.45) is 0 Å². The van der Waals surface area contributed by atoms with Crippen LogP contribution in [-0.4, -0.2) is 32.3 Å². The van der Waals surface area contributed by atoms with E-state index in [0.717, 1.165) is 11.1 Å². The highest BCUT2D eigenvalue weighted by molar-refractivity contribution is 6.06. The van der Waals surface area contributed by atoms with Crippen LogP contribution in [0.25, 0.3) is 10.8 Å². The number of carbonyl (C=O) groups excluding carboxylic acids is 1. The number of phenolic OH excluding ortho intramolecular Hbond substituents is 1. The third-order valence-electron chi connectivity index (χ3n) is 2.88. The SMILES string of the molecule is COC(=O)c1cc(N(C)C)c2ccccc2c1O. The van der Waals surface area contributed by atoms with Crippen LogP contribution >= 0.6 is 0 Å². The molecule has 1 N–H and O–H groups in total. The lowest BCUT2D eigenvalue weighted by molar-refractivity contribution is 0.0598.